The van der Waals surface area contributed by atoms with E-state index in [1.165, 1.54) is 18.4 Å². The molecule has 0 atom stereocenters. The summed E-state index contributed by atoms with van der Waals surface area (Å²) in [5.74, 6) is 0.921. The molecule has 0 radical (unpaired) electrons. The summed E-state index contributed by atoms with van der Waals surface area (Å²) in [4.78, 5) is 0. The Hall–Kier alpha value is 0.920. The largest absolute Gasteiger partial charge is 0.316 e. The summed E-state index contributed by atoms with van der Waals surface area (Å²) in [5, 5.41) is 4.35. The molecule has 0 aromatic carbocycles. The van der Waals surface area contributed by atoms with Crippen LogP contribution in [0.5, 0.6) is 0 Å². The molecule has 3 heteroatoms. The smallest absolute Gasteiger partial charge is 0.00839 e. The van der Waals surface area contributed by atoms with Gasteiger partial charge in [0.25, 0.3) is 0 Å². The van der Waals surface area contributed by atoms with Gasteiger partial charge in [0, 0.05) is 5.33 Å². The van der Waals surface area contributed by atoms with Crippen molar-refractivity contribution >= 4 is 32.9 Å². The highest BCUT2D eigenvalue weighted by Crippen LogP contribution is 2.04. The Bertz CT molecular complexity index is 42.2. The van der Waals surface area contributed by atoms with Gasteiger partial charge in [0.15, 0.2) is 0 Å². The first-order valence-electron chi connectivity index (χ1n) is 2.20. The standard InChI is InChI=1S/C4H8BrN.BrH/c5-1-4-2-6-3-4;/h4,6H,1-3H2;1H. The third-order valence-corrected chi connectivity index (χ3v) is 2.00. The second-order valence-electron chi connectivity index (χ2n) is 1.68. The van der Waals surface area contributed by atoms with Crippen LogP contribution in [0.15, 0.2) is 0 Å². The van der Waals surface area contributed by atoms with Gasteiger partial charge in [0.2, 0.25) is 0 Å². The average molecular weight is 231 g/mol. The van der Waals surface area contributed by atoms with Crippen LogP contribution in [0, 0.1) is 5.92 Å². The number of alkyl halides is 1. The van der Waals surface area contributed by atoms with Crippen molar-refractivity contribution in [2.75, 3.05) is 18.4 Å². The Labute approximate surface area is 62.8 Å². The molecule has 1 nitrogen and oxygen atoms in total. The maximum atomic E-state index is 3.39. The molecule has 1 rings (SSSR count). The molecule has 1 aliphatic rings. The number of hydrogen-bond donors (Lipinski definition) is 1. The zero-order valence-electron chi connectivity index (χ0n) is 3.98. The van der Waals surface area contributed by atoms with Crippen molar-refractivity contribution in [3.8, 4) is 0 Å². The molecule has 1 N–H and O–H groups in total. The number of hydrogen-bond acceptors (Lipinski definition) is 1. The minimum Gasteiger partial charge on any atom is -0.316 e. The summed E-state index contributed by atoms with van der Waals surface area (Å²) in [5.41, 5.74) is 0. The molecule has 0 aliphatic carbocycles. The lowest BCUT2D eigenvalue weighted by molar-refractivity contribution is 0.387. The van der Waals surface area contributed by atoms with Crippen LogP contribution in [-0.4, -0.2) is 18.4 Å². The van der Waals surface area contributed by atoms with Crippen molar-refractivity contribution in [2.45, 2.75) is 0 Å². The van der Waals surface area contributed by atoms with Gasteiger partial charge in [-0.15, -0.1) is 17.0 Å². The van der Waals surface area contributed by atoms with Gasteiger partial charge in [-0.05, 0) is 19.0 Å². The third kappa shape index (κ3) is 2.11. The van der Waals surface area contributed by atoms with E-state index in [2.05, 4.69) is 21.2 Å². The Morgan fingerprint density at radius 1 is 1.57 bits per heavy atom. The van der Waals surface area contributed by atoms with Gasteiger partial charge in [-0.1, -0.05) is 15.9 Å². The van der Waals surface area contributed by atoms with Gasteiger partial charge in [-0.3, -0.25) is 0 Å². The van der Waals surface area contributed by atoms with Gasteiger partial charge in [0.05, 0.1) is 0 Å². The van der Waals surface area contributed by atoms with E-state index in [1.807, 2.05) is 0 Å². The normalized spacial score (nSPS) is 20.1. The lowest BCUT2D eigenvalue weighted by atomic mass is 10.1. The van der Waals surface area contributed by atoms with Crippen LogP contribution in [0.25, 0.3) is 0 Å². The molecule has 44 valence electrons. The fourth-order valence-electron chi connectivity index (χ4n) is 0.458. The molecule has 1 fully saturated rings. The quantitative estimate of drug-likeness (QED) is 0.668. The molecule has 0 amide bonds. The van der Waals surface area contributed by atoms with E-state index in [1.54, 1.807) is 0 Å². The fourth-order valence-corrected chi connectivity index (χ4v) is 0.915. The van der Waals surface area contributed by atoms with Crippen LogP contribution in [0.4, 0.5) is 0 Å². The van der Waals surface area contributed by atoms with E-state index in [0.717, 1.165) is 5.92 Å². The Balaban J connectivity index is 0.000000360. The van der Waals surface area contributed by atoms with E-state index in [4.69, 9.17) is 0 Å². The minimum atomic E-state index is 0. The molecule has 0 spiro atoms. The van der Waals surface area contributed by atoms with E-state index in [9.17, 15) is 0 Å². The topological polar surface area (TPSA) is 12.0 Å². The molecule has 0 saturated carbocycles. The van der Waals surface area contributed by atoms with Crippen LogP contribution in [0.1, 0.15) is 0 Å². The van der Waals surface area contributed by atoms with Crippen LogP contribution in [0.2, 0.25) is 0 Å². The van der Waals surface area contributed by atoms with Gasteiger partial charge in [0.1, 0.15) is 0 Å². The number of rotatable bonds is 1. The summed E-state index contributed by atoms with van der Waals surface area (Å²) >= 11 is 3.39. The maximum Gasteiger partial charge on any atom is 0.00839 e. The predicted octanol–water partition coefficient (Wildman–Crippen LogP) is 1.18. The predicted molar refractivity (Wildman–Crippen MR) is 40.5 cm³/mol. The second-order valence-corrected chi connectivity index (χ2v) is 2.33. The minimum absolute atomic E-state index is 0. The molecule has 0 unspecified atom stereocenters. The molecule has 0 bridgehead atoms. The van der Waals surface area contributed by atoms with E-state index in [-0.39, 0.29) is 17.0 Å². The summed E-state index contributed by atoms with van der Waals surface area (Å²) in [6.07, 6.45) is 0. The first kappa shape index (κ1) is 7.92. The zero-order valence-corrected chi connectivity index (χ0v) is 7.28. The van der Waals surface area contributed by atoms with Crippen LogP contribution in [0.3, 0.4) is 0 Å². The highest BCUT2D eigenvalue weighted by atomic mass is 79.9. The maximum absolute atomic E-state index is 3.39. The summed E-state index contributed by atoms with van der Waals surface area (Å²) in [6, 6.07) is 0. The third-order valence-electron chi connectivity index (χ3n) is 1.08. The Kier molecular flexibility index (Phi) is 4.37. The first-order chi connectivity index (χ1) is 2.93. The number of nitrogens with one attached hydrogen (secondary N) is 1. The van der Waals surface area contributed by atoms with E-state index >= 15 is 0 Å². The highest BCUT2D eigenvalue weighted by Gasteiger charge is 2.13. The first-order valence-corrected chi connectivity index (χ1v) is 3.32. The monoisotopic (exact) mass is 229 g/mol. The van der Waals surface area contributed by atoms with Crippen molar-refractivity contribution < 1.29 is 0 Å². The summed E-state index contributed by atoms with van der Waals surface area (Å²) in [6.45, 7) is 2.43. The van der Waals surface area contributed by atoms with Crippen molar-refractivity contribution in [1.82, 2.24) is 5.32 Å². The van der Waals surface area contributed by atoms with E-state index < -0.39 is 0 Å². The molecule has 1 aliphatic heterocycles. The summed E-state index contributed by atoms with van der Waals surface area (Å²) in [7, 11) is 0. The van der Waals surface area contributed by atoms with Gasteiger partial charge in [-0.25, -0.2) is 0 Å². The van der Waals surface area contributed by atoms with Crippen LogP contribution < -0.4 is 5.32 Å². The van der Waals surface area contributed by atoms with Gasteiger partial charge < -0.3 is 5.32 Å². The SMILES string of the molecule is Br.BrCC1CNC1. The second kappa shape index (κ2) is 3.87. The van der Waals surface area contributed by atoms with Crippen molar-refractivity contribution in [3.63, 3.8) is 0 Å². The molecular weight excluding hydrogens is 222 g/mol. The van der Waals surface area contributed by atoms with Crippen LogP contribution in [-0.2, 0) is 0 Å². The molecular formula is C4H9Br2N. The highest BCUT2D eigenvalue weighted by molar-refractivity contribution is 9.09. The lowest BCUT2D eigenvalue weighted by Crippen LogP contribution is -2.42. The Morgan fingerprint density at radius 3 is 2.14 bits per heavy atom. The molecule has 0 aromatic rings. The van der Waals surface area contributed by atoms with Crippen molar-refractivity contribution in [3.05, 3.63) is 0 Å². The van der Waals surface area contributed by atoms with Crippen molar-refractivity contribution in [1.29, 1.82) is 0 Å². The fraction of sp³-hybridized carbons (Fsp3) is 1.00. The molecule has 1 saturated heterocycles. The van der Waals surface area contributed by atoms with Crippen LogP contribution >= 0.6 is 32.9 Å². The van der Waals surface area contributed by atoms with E-state index in [0.29, 0.717) is 0 Å². The van der Waals surface area contributed by atoms with Gasteiger partial charge in [-0.2, -0.15) is 0 Å². The van der Waals surface area contributed by atoms with Gasteiger partial charge >= 0.3 is 0 Å². The number of halogens is 2. The Morgan fingerprint density at radius 2 is 2.14 bits per heavy atom. The summed E-state index contributed by atoms with van der Waals surface area (Å²) < 4.78 is 0. The lowest BCUT2D eigenvalue weighted by Gasteiger charge is -2.24. The molecule has 0 aromatic heterocycles. The average Bonchev–Trinajstić information content (AvgIpc) is 1.31. The van der Waals surface area contributed by atoms with Crippen molar-refractivity contribution in [2.24, 2.45) is 5.92 Å². The molecule has 7 heavy (non-hydrogen) atoms. The zero-order chi connectivity index (χ0) is 4.41. The molecule has 1 heterocycles.